The maximum atomic E-state index is 12.6. The van der Waals surface area contributed by atoms with Crippen LogP contribution in [-0.2, 0) is 10.0 Å². The average Bonchev–Trinajstić information content (AvgIpc) is 2.59. The molecule has 0 fully saturated rings. The van der Waals surface area contributed by atoms with Crippen molar-refractivity contribution in [2.75, 3.05) is 12.4 Å². The van der Waals surface area contributed by atoms with E-state index in [1.807, 2.05) is 0 Å². The van der Waals surface area contributed by atoms with Gasteiger partial charge in [0.25, 0.3) is 5.91 Å². The zero-order chi connectivity index (χ0) is 21.1. The van der Waals surface area contributed by atoms with Gasteiger partial charge in [0.1, 0.15) is 5.75 Å². The van der Waals surface area contributed by atoms with Gasteiger partial charge in [-0.25, -0.2) is 8.42 Å². The van der Waals surface area contributed by atoms with Gasteiger partial charge in [-0.05, 0) is 44.2 Å². The number of carbonyl (C=O) groups is 1. The minimum Gasteiger partial charge on any atom is -0.406 e. The Morgan fingerprint density at radius 1 is 1.11 bits per heavy atom. The first-order valence-electron chi connectivity index (χ1n) is 8.15. The Morgan fingerprint density at radius 2 is 1.75 bits per heavy atom. The smallest absolute Gasteiger partial charge is 0.406 e. The van der Waals surface area contributed by atoms with Crippen LogP contribution in [0.15, 0.2) is 53.4 Å². The van der Waals surface area contributed by atoms with Gasteiger partial charge in [0.2, 0.25) is 10.0 Å². The third-order valence-electron chi connectivity index (χ3n) is 3.83. The van der Waals surface area contributed by atoms with Crippen LogP contribution in [0.3, 0.4) is 0 Å². The Balaban J connectivity index is 2.24. The van der Waals surface area contributed by atoms with Crippen LogP contribution in [0.25, 0.3) is 0 Å². The molecule has 152 valence electrons. The van der Waals surface area contributed by atoms with Crippen molar-refractivity contribution in [1.29, 1.82) is 0 Å². The molecule has 28 heavy (non-hydrogen) atoms. The van der Waals surface area contributed by atoms with Gasteiger partial charge in [0, 0.05) is 30.4 Å². The number of benzene rings is 2. The number of halogens is 3. The molecule has 0 aromatic heterocycles. The average molecular weight is 416 g/mol. The Hall–Kier alpha value is -2.59. The van der Waals surface area contributed by atoms with Crippen LogP contribution in [0.1, 0.15) is 24.2 Å². The molecule has 0 radical (unpaired) electrons. The second kappa shape index (κ2) is 8.19. The van der Waals surface area contributed by atoms with E-state index in [4.69, 9.17) is 0 Å². The number of anilines is 1. The lowest BCUT2D eigenvalue weighted by Gasteiger charge is -2.21. The summed E-state index contributed by atoms with van der Waals surface area (Å²) in [4.78, 5) is 12.3. The zero-order valence-corrected chi connectivity index (χ0v) is 16.1. The lowest BCUT2D eigenvalue weighted by Crippen LogP contribution is -2.33. The van der Waals surface area contributed by atoms with Crippen LogP contribution in [0.5, 0.6) is 5.75 Å². The van der Waals surface area contributed by atoms with Gasteiger partial charge in [0.05, 0.1) is 4.90 Å². The van der Waals surface area contributed by atoms with Crippen LogP contribution >= 0.6 is 0 Å². The summed E-state index contributed by atoms with van der Waals surface area (Å²) in [6, 6.07) is 9.89. The minimum atomic E-state index is -4.85. The molecule has 1 amide bonds. The summed E-state index contributed by atoms with van der Waals surface area (Å²) in [6.07, 6.45) is -4.85. The third-order valence-corrected chi connectivity index (χ3v) is 5.86. The molecular formula is C18H19F3N2O4S. The Labute approximate surface area is 161 Å². The number of hydrogen-bond donors (Lipinski definition) is 1. The maximum absolute atomic E-state index is 12.6. The molecular weight excluding hydrogens is 397 g/mol. The van der Waals surface area contributed by atoms with Crippen molar-refractivity contribution in [3.63, 3.8) is 0 Å². The van der Waals surface area contributed by atoms with Crippen molar-refractivity contribution in [2.24, 2.45) is 0 Å². The predicted octanol–water partition coefficient (Wildman–Crippen LogP) is 3.87. The molecule has 0 spiro atoms. The summed E-state index contributed by atoms with van der Waals surface area (Å²) < 4.78 is 67.0. The SMILES string of the molecule is CC(C)N(C)S(=O)(=O)c1cccc(C(=O)Nc2cccc(OC(F)(F)F)c2)c1. The lowest BCUT2D eigenvalue weighted by atomic mass is 10.2. The first kappa shape index (κ1) is 21.7. The highest BCUT2D eigenvalue weighted by Crippen LogP contribution is 2.25. The van der Waals surface area contributed by atoms with Crippen molar-refractivity contribution < 1.29 is 31.1 Å². The molecule has 2 rings (SSSR count). The summed E-state index contributed by atoms with van der Waals surface area (Å²) in [5.41, 5.74) is 0.111. The van der Waals surface area contributed by atoms with Gasteiger partial charge in [-0.3, -0.25) is 4.79 Å². The highest BCUT2D eigenvalue weighted by atomic mass is 32.2. The van der Waals surface area contributed by atoms with Gasteiger partial charge in [-0.2, -0.15) is 4.31 Å². The van der Waals surface area contributed by atoms with Gasteiger partial charge in [-0.15, -0.1) is 13.2 Å². The van der Waals surface area contributed by atoms with Crippen LogP contribution in [-0.4, -0.2) is 38.1 Å². The lowest BCUT2D eigenvalue weighted by molar-refractivity contribution is -0.274. The predicted molar refractivity (Wildman–Crippen MR) is 97.6 cm³/mol. The summed E-state index contributed by atoms with van der Waals surface area (Å²) >= 11 is 0. The molecule has 6 nitrogen and oxygen atoms in total. The monoisotopic (exact) mass is 416 g/mol. The van der Waals surface area contributed by atoms with Crippen LogP contribution in [0.4, 0.5) is 18.9 Å². The van der Waals surface area contributed by atoms with E-state index in [-0.39, 0.29) is 22.2 Å². The van der Waals surface area contributed by atoms with Gasteiger partial charge in [0.15, 0.2) is 0 Å². The molecule has 0 aliphatic rings. The van der Waals surface area contributed by atoms with Gasteiger partial charge in [-0.1, -0.05) is 12.1 Å². The van der Waals surface area contributed by atoms with Crippen molar-refractivity contribution in [3.8, 4) is 5.75 Å². The Kier molecular flexibility index (Phi) is 6.35. The summed E-state index contributed by atoms with van der Waals surface area (Å²) in [5, 5.41) is 2.42. The molecule has 0 aliphatic heterocycles. The standard InChI is InChI=1S/C18H19F3N2O4S/c1-12(2)23(3)28(25,26)16-9-4-6-13(10-16)17(24)22-14-7-5-8-15(11-14)27-18(19,20)21/h4-12H,1-3H3,(H,22,24). The second-order valence-electron chi connectivity index (χ2n) is 6.17. The number of nitrogens with one attached hydrogen (secondary N) is 1. The van der Waals surface area contributed by atoms with Gasteiger partial charge >= 0.3 is 6.36 Å². The number of rotatable bonds is 6. The third kappa shape index (κ3) is 5.46. The molecule has 0 unspecified atom stereocenters. The fraction of sp³-hybridized carbons (Fsp3) is 0.278. The minimum absolute atomic E-state index is 0.0420. The zero-order valence-electron chi connectivity index (χ0n) is 15.3. The number of alkyl halides is 3. The van der Waals surface area contributed by atoms with Crippen LogP contribution < -0.4 is 10.1 Å². The van der Waals surface area contributed by atoms with Crippen molar-refractivity contribution >= 4 is 21.6 Å². The van der Waals surface area contributed by atoms with Gasteiger partial charge < -0.3 is 10.1 Å². The number of carbonyl (C=O) groups excluding carboxylic acids is 1. The molecule has 0 heterocycles. The number of sulfonamides is 1. The molecule has 0 atom stereocenters. The number of nitrogens with zero attached hydrogens (tertiary/aromatic N) is 1. The highest BCUT2D eigenvalue weighted by molar-refractivity contribution is 7.89. The van der Waals surface area contributed by atoms with E-state index in [1.165, 1.54) is 47.8 Å². The highest BCUT2D eigenvalue weighted by Gasteiger charge is 2.31. The largest absolute Gasteiger partial charge is 0.573 e. The summed E-state index contributed by atoms with van der Waals surface area (Å²) in [7, 11) is -2.36. The van der Waals surface area contributed by atoms with E-state index >= 15 is 0 Å². The molecule has 10 heteroatoms. The van der Waals surface area contributed by atoms with E-state index in [1.54, 1.807) is 13.8 Å². The first-order chi connectivity index (χ1) is 12.9. The number of ether oxygens (including phenoxy) is 1. The Bertz CT molecular complexity index is 959. The number of hydrogen-bond acceptors (Lipinski definition) is 4. The quantitative estimate of drug-likeness (QED) is 0.776. The van der Waals surface area contributed by atoms with Crippen molar-refractivity contribution in [2.45, 2.75) is 31.1 Å². The first-order valence-corrected chi connectivity index (χ1v) is 9.59. The Morgan fingerprint density at radius 3 is 2.36 bits per heavy atom. The van der Waals surface area contributed by atoms with Crippen LogP contribution in [0, 0.1) is 0 Å². The van der Waals surface area contributed by atoms with Crippen molar-refractivity contribution in [3.05, 3.63) is 54.1 Å². The second-order valence-corrected chi connectivity index (χ2v) is 8.17. The molecule has 2 aromatic carbocycles. The fourth-order valence-electron chi connectivity index (χ4n) is 2.22. The van der Waals surface area contributed by atoms with E-state index in [0.29, 0.717) is 0 Å². The van der Waals surface area contributed by atoms with E-state index in [2.05, 4.69) is 10.1 Å². The van der Waals surface area contributed by atoms with E-state index in [9.17, 15) is 26.4 Å². The molecule has 0 saturated carbocycles. The molecule has 0 aliphatic carbocycles. The summed E-state index contributed by atoms with van der Waals surface area (Å²) in [6.45, 7) is 3.42. The molecule has 0 saturated heterocycles. The number of amides is 1. The molecule has 1 N–H and O–H groups in total. The fourth-order valence-corrected chi connectivity index (χ4v) is 3.63. The summed E-state index contributed by atoms with van der Waals surface area (Å²) in [5.74, 6) is -1.16. The van der Waals surface area contributed by atoms with Crippen molar-refractivity contribution in [1.82, 2.24) is 4.31 Å². The molecule has 2 aromatic rings. The van der Waals surface area contributed by atoms with E-state index in [0.717, 1.165) is 12.1 Å². The maximum Gasteiger partial charge on any atom is 0.573 e. The normalized spacial score (nSPS) is 12.3. The van der Waals surface area contributed by atoms with Crippen LogP contribution in [0.2, 0.25) is 0 Å². The topological polar surface area (TPSA) is 75.7 Å². The van der Waals surface area contributed by atoms with E-state index < -0.39 is 28.0 Å². The molecule has 0 bridgehead atoms.